The van der Waals surface area contributed by atoms with E-state index in [2.05, 4.69) is 27.3 Å². The molecule has 0 spiro atoms. The largest absolute Gasteiger partial charge is 0.465 e. The maximum atomic E-state index is 11.8. The van der Waals surface area contributed by atoms with Gasteiger partial charge in [-0.15, -0.1) is 0 Å². The lowest BCUT2D eigenvalue weighted by molar-refractivity contribution is 0.0602. The minimum Gasteiger partial charge on any atom is -0.465 e. The van der Waals surface area contributed by atoms with E-state index in [4.69, 9.17) is 16.3 Å². The van der Waals surface area contributed by atoms with Gasteiger partial charge in [-0.3, -0.25) is 0 Å². The molecular weight excluding hydrogens is 354 g/mol. The summed E-state index contributed by atoms with van der Waals surface area (Å²) in [7, 11) is 1.36. The lowest BCUT2D eigenvalue weighted by atomic mass is 10.1. The number of hydrogen-bond donors (Lipinski definition) is 1. The molecule has 0 bridgehead atoms. The highest BCUT2D eigenvalue weighted by atomic mass is 79.9. The highest BCUT2D eigenvalue weighted by Gasteiger charge is 2.12. The van der Waals surface area contributed by atoms with Crippen molar-refractivity contribution in [3.8, 4) is 0 Å². The Hall–Kier alpha value is -1.52. The van der Waals surface area contributed by atoms with Crippen LogP contribution >= 0.6 is 27.5 Å². The van der Waals surface area contributed by atoms with Crippen LogP contribution in [0.3, 0.4) is 0 Å². The maximum Gasteiger partial charge on any atom is 0.339 e. The summed E-state index contributed by atoms with van der Waals surface area (Å²) in [4.78, 5) is 11.8. The number of aryl methyl sites for hydroxylation is 1. The van der Waals surface area contributed by atoms with E-state index in [1.807, 2.05) is 19.1 Å². The van der Waals surface area contributed by atoms with Gasteiger partial charge < -0.3 is 10.1 Å². The predicted octanol–water partition coefficient (Wildman–Crippen LogP) is 4.81. The highest BCUT2D eigenvalue weighted by Crippen LogP contribution is 2.24. The SMILES string of the molecule is COC(=O)c1ccc(Cl)cc1NCc1ccc(C)cc1Br. The van der Waals surface area contributed by atoms with Crippen LogP contribution in [0, 0.1) is 6.92 Å². The molecule has 0 aliphatic rings. The van der Waals surface area contributed by atoms with Gasteiger partial charge in [0.05, 0.1) is 18.4 Å². The zero-order valence-electron chi connectivity index (χ0n) is 11.7. The molecule has 2 aromatic carbocycles. The van der Waals surface area contributed by atoms with Crippen LogP contribution in [-0.2, 0) is 11.3 Å². The molecule has 3 nitrogen and oxygen atoms in total. The van der Waals surface area contributed by atoms with Gasteiger partial charge in [0.1, 0.15) is 0 Å². The topological polar surface area (TPSA) is 38.3 Å². The molecule has 0 radical (unpaired) electrons. The van der Waals surface area contributed by atoms with Crippen LogP contribution in [-0.4, -0.2) is 13.1 Å². The van der Waals surface area contributed by atoms with Gasteiger partial charge in [-0.05, 0) is 42.3 Å². The molecule has 2 aromatic rings. The number of methoxy groups -OCH3 is 1. The number of esters is 1. The summed E-state index contributed by atoms with van der Waals surface area (Å²) in [6.45, 7) is 2.61. The number of benzene rings is 2. The number of nitrogens with one attached hydrogen (secondary N) is 1. The summed E-state index contributed by atoms with van der Waals surface area (Å²) in [6.07, 6.45) is 0. The zero-order valence-corrected chi connectivity index (χ0v) is 14.1. The van der Waals surface area contributed by atoms with Gasteiger partial charge >= 0.3 is 5.97 Å². The van der Waals surface area contributed by atoms with E-state index in [1.165, 1.54) is 12.7 Å². The molecule has 0 saturated carbocycles. The second-order valence-electron chi connectivity index (χ2n) is 4.63. The van der Waals surface area contributed by atoms with Crippen LogP contribution in [0.1, 0.15) is 21.5 Å². The van der Waals surface area contributed by atoms with Gasteiger partial charge in [0.2, 0.25) is 0 Å². The highest BCUT2D eigenvalue weighted by molar-refractivity contribution is 9.10. The van der Waals surface area contributed by atoms with Gasteiger partial charge in [-0.2, -0.15) is 0 Å². The molecule has 0 aliphatic carbocycles. The first kappa shape index (κ1) is 15.9. The van der Waals surface area contributed by atoms with Crippen LogP contribution in [0.4, 0.5) is 5.69 Å². The number of carbonyl (C=O) groups is 1. The van der Waals surface area contributed by atoms with E-state index in [0.717, 1.165) is 10.0 Å². The molecule has 0 aromatic heterocycles. The number of carbonyl (C=O) groups excluding carboxylic acids is 1. The van der Waals surface area contributed by atoms with Crippen molar-refractivity contribution in [3.05, 3.63) is 62.6 Å². The minimum absolute atomic E-state index is 0.392. The summed E-state index contributed by atoms with van der Waals surface area (Å²) in [6, 6.07) is 11.2. The molecule has 0 fully saturated rings. The molecule has 110 valence electrons. The van der Waals surface area contributed by atoms with E-state index in [-0.39, 0.29) is 0 Å². The lowest BCUT2D eigenvalue weighted by Gasteiger charge is -2.12. The van der Waals surface area contributed by atoms with E-state index in [9.17, 15) is 4.79 Å². The molecular formula is C16H15BrClNO2. The average molecular weight is 369 g/mol. The monoisotopic (exact) mass is 367 g/mol. The van der Waals surface area contributed by atoms with Crippen molar-refractivity contribution in [3.63, 3.8) is 0 Å². The number of ether oxygens (including phenoxy) is 1. The second-order valence-corrected chi connectivity index (χ2v) is 5.92. The molecule has 5 heteroatoms. The van der Waals surface area contributed by atoms with Crippen molar-refractivity contribution in [2.24, 2.45) is 0 Å². The zero-order chi connectivity index (χ0) is 15.4. The lowest BCUT2D eigenvalue weighted by Crippen LogP contribution is -2.08. The molecule has 21 heavy (non-hydrogen) atoms. The van der Waals surface area contributed by atoms with Crippen molar-refractivity contribution >= 4 is 39.2 Å². The van der Waals surface area contributed by atoms with Crippen LogP contribution in [0.25, 0.3) is 0 Å². The molecule has 0 heterocycles. The van der Waals surface area contributed by atoms with Gasteiger partial charge in [-0.1, -0.05) is 39.7 Å². The third-order valence-electron chi connectivity index (χ3n) is 3.06. The van der Waals surface area contributed by atoms with Crippen LogP contribution in [0.15, 0.2) is 40.9 Å². The predicted molar refractivity (Wildman–Crippen MR) is 89.0 cm³/mol. The third kappa shape index (κ3) is 3.99. The number of halogens is 2. The Kier molecular flexibility index (Phi) is 5.26. The molecule has 2 rings (SSSR count). The fraction of sp³-hybridized carbons (Fsp3) is 0.188. The Labute approximate surface area is 137 Å². The van der Waals surface area contributed by atoms with Crippen LogP contribution < -0.4 is 5.32 Å². The normalized spacial score (nSPS) is 10.3. The first-order valence-corrected chi connectivity index (χ1v) is 7.55. The Morgan fingerprint density at radius 2 is 2.05 bits per heavy atom. The van der Waals surface area contributed by atoms with Gasteiger partial charge in [0.25, 0.3) is 0 Å². The number of rotatable bonds is 4. The van der Waals surface area contributed by atoms with Gasteiger partial charge in [-0.25, -0.2) is 4.79 Å². The van der Waals surface area contributed by atoms with Crippen LogP contribution in [0.5, 0.6) is 0 Å². The molecule has 0 atom stereocenters. The van der Waals surface area contributed by atoms with E-state index < -0.39 is 5.97 Å². The summed E-state index contributed by atoms with van der Waals surface area (Å²) in [5.41, 5.74) is 3.40. The Balaban J connectivity index is 2.23. The van der Waals surface area contributed by atoms with Crippen molar-refractivity contribution in [1.82, 2.24) is 0 Å². The van der Waals surface area contributed by atoms with E-state index >= 15 is 0 Å². The van der Waals surface area contributed by atoms with Gasteiger partial charge in [0, 0.05) is 16.0 Å². The van der Waals surface area contributed by atoms with Crippen molar-refractivity contribution in [1.29, 1.82) is 0 Å². The fourth-order valence-electron chi connectivity index (χ4n) is 1.94. The number of anilines is 1. The Morgan fingerprint density at radius 1 is 1.29 bits per heavy atom. The first-order chi connectivity index (χ1) is 10.0. The Morgan fingerprint density at radius 3 is 2.71 bits per heavy atom. The minimum atomic E-state index is -0.392. The Bertz CT molecular complexity index is 673. The van der Waals surface area contributed by atoms with Crippen molar-refractivity contribution < 1.29 is 9.53 Å². The maximum absolute atomic E-state index is 11.8. The molecule has 0 saturated heterocycles. The van der Waals surface area contributed by atoms with Crippen LogP contribution in [0.2, 0.25) is 5.02 Å². The molecule has 1 N–H and O–H groups in total. The summed E-state index contributed by atoms with van der Waals surface area (Å²) < 4.78 is 5.80. The molecule has 0 unspecified atom stereocenters. The summed E-state index contributed by atoms with van der Waals surface area (Å²) >= 11 is 9.54. The van der Waals surface area contributed by atoms with E-state index in [0.29, 0.717) is 22.8 Å². The average Bonchev–Trinajstić information content (AvgIpc) is 2.45. The quantitative estimate of drug-likeness (QED) is 0.787. The number of hydrogen-bond acceptors (Lipinski definition) is 3. The second kappa shape index (κ2) is 6.96. The fourth-order valence-corrected chi connectivity index (χ4v) is 2.74. The van der Waals surface area contributed by atoms with Crippen molar-refractivity contribution in [2.75, 3.05) is 12.4 Å². The molecule has 0 amide bonds. The standard InChI is InChI=1S/C16H15BrClNO2/c1-10-3-4-11(14(17)7-10)9-19-15-8-12(18)5-6-13(15)16(20)21-2/h3-8,19H,9H2,1-2H3. The summed E-state index contributed by atoms with van der Waals surface area (Å²) in [5, 5.41) is 3.79. The third-order valence-corrected chi connectivity index (χ3v) is 4.04. The van der Waals surface area contributed by atoms with Gasteiger partial charge in [0.15, 0.2) is 0 Å². The summed E-state index contributed by atoms with van der Waals surface area (Å²) in [5.74, 6) is -0.392. The molecule has 0 aliphatic heterocycles. The van der Waals surface area contributed by atoms with E-state index in [1.54, 1.807) is 18.2 Å². The smallest absolute Gasteiger partial charge is 0.339 e. The van der Waals surface area contributed by atoms with Crippen molar-refractivity contribution in [2.45, 2.75) is 13.5 Å². The first-order valence-electron chi connectivity index (χ1n) is 6.38.